The molecule has 0 fully saturated rings. The predicted octanol–water partition coefficient (Wildman–Crippen LogP) is 4.62. The van der Waals surface area contributed by atoms with Crippen LogP contribution < -0.4 is 4.74 Å². The van der Waals surface area contributed by atoms with Crippen LogP contribution in [0.25, 0.3) is 0 Å². The van der Waals surface area contributed by atoms with Crippen LogP contribution in [0.5, 0.6) is 5.75 Å². The fraction of sp³-hybridized carbons (Fsp3) is 0.294. The van der Waals surface area contributed by atoms with Gasteiger partial charge in [0.25, 0.3) is 0 Å². The van der Waals surface area contributed by atoms with Gasteiger partial charge in [0.1, 0.15) is 11.9 Å². The lowest BCUT2D eigenvalue weighted by Crippen LogP contribution is -2.20. The molecule has 0 spiro atoms. The summed E-state index contributed by atoms with van der Waals surface area (Å²) in [6.45, 7) is 4.21. The molecule has 2 nitrogen and oxygen atoms in total. The zero-order chi connectivity index (χ0) is 14.3. The van der Waals surface area contributed by atoms with Crippen molar-refractivity contribution < 1.29 is 9.84 Å². The third-order valence-electron chi connectivity index (χ3n) is 4.03. The van der Waals surface area contributed by atoms with Crippen molar-refractivity contribution in [1.29, 1.82) is 0 Å². The van der Waals surface area contributed by atoms with Crippen molar-refractivity contribution in [3.8, 4) is 5.75 Å². The van der Waals surface area contributed by atoms with Gasteiger partial charge in [-0.05, 0) is 48.7 Å². The third-order valence-corrected chi connectivity index (χ3v) is 4.52. The second kappa shape index (κ2) is 5.23. The number of aryl methyl sites for hydroxylation is 1. The summed E-state index contributed by atoms with van der Waals surface area (Å²) >= 11 is 3.43. The van der Waals surface area contributed by atoms with E-state index in [1.54, 1.807) is 0 Å². The quantitative estimate of drug-likeness (QED) is 0.825. The van der Waals surface area contributed by atoms with Crippen molar-refractivity contribution in [2.24, 2.45) is 0 Å². The second-order valence-corrected chi connectivity index (χ2v) is 6.24. The highest BCUT2D eigenvalue weighted by Gasteiger charge is 2.29. The Morgan fingerprint density at radius 3 is 2.75 bits per heavy atom. The molecule has 104 valence electrons. The van der Waals surface area contributed by atoms with E-state index < -0.39 is 6.10 Å². The minimum Gasteiger partial charge on any atom is -0.485 e. The number of rotatable bonds is 1. The van der Waals surface area contributed by atoms with Crippen molar-refractivity contribution in [3.05, 3.63) is 63.1 Å². The smallest absolute Gasteiger partial charge is 0.127 e. The molecule has 0 aromatic heterocycles. The minimum atomic E-state index is -0.485. The van der Waals surface area contributed by atoms with Gasteiger partial charge in [0, 0.05) is 16.5 Å². The average Bonchev–Trinajstić information content (AvgIpc) is 2.42. The Kier molecular flexibility index (Phi) is 3.57. The maximum absolute atomic E-state index is 10.4. The maximum atomic E-state index is 10.4. The van der Waals surface area contributed by atoms with E-state index in [2.05, 4.69) is 41.9 Å². The molecule has 0 aliphatic carbocycles. The molecule has 3 heteroatoms. The van der Waals surface area contributed by atoms with Crippen molar-refractivity contribution in [2.45, 2.75) is 32.5 Å². The van der Waals surface area contributed by atoms with Gasteiger partial charge in [-0.3, -0.25) is 0 Å². The Hall–Kier alpha value is -1.32. The fourth-order valence-electron chi connectivity index (χ4n) is 2.73. The van der Waals surface area contributed by atoms with Gasteiger partial charge in [0.05, 0.1) is 6.10 Å². The molecule has 2 aromatic rings. The first-order valence-electron chi connectivity index (χ1n) is 6.76. The van der Waals surface area contributed by atoms with Gasteiger partial charge in [-0.2, -0.15) is 0 Å². The Morgan fingerprint density at radius 1 is 1.15 bits per heavy atom. The van der Waals surface area contributed by atoms with E-state index in [9.17, 15) is 5.11 Å². The summed E-state index contributed by atoms with van der Waals surface area (Å²) in [6.07, 6.45) is 0.0213. The molecule has 3 rings (SSSR count). The van der Waals surface area contributed by atoms with E-state index in [0.717, 1.165) is 21.3 Å². The lowest BCUT2D eigenvalue weighted by atomic mass is 9.91. The SMILES string of the molecule is Cc1cccc(C2C[C@@H](O)c3cc(Br)ccc3O2)c1C. The van der Waals surface area contributed by atoms with E-state index in [0.29, 0.717) is 6.42 Å². The number of aliphatic hydroxyl groups is 1. The second-order valence-electron chi connectivity index (χ2n) is 5.33. The highest BCUT2D eigenvalue weighted by Crippen LogP contribution is 2.42. The molecule has 1 heterocycles. The first kappa shape index (κ1) is 13.7. The Balaban J connectivity index is 1.99. The van der Waals surface area contributed by atoms with Crippen molar-refractivity contribution >= 4 is 15.9 Å². The Bertz CT molecular complexity index is 651. The Labute approximate surface area is 127 Å². The van der Waals surface area contributed by atoms with Crippen molar-refractivity contribution in [3.63, 3.8) is 0 Å². The van der Waals surface area contributed by atoms with E-state index in [4.69, 9.17) is 4.74 Å². The zero-order valence-electron chi connectivity index (χ0n) is 11.6. The highest BCUT2D eigenvalue weighted by molar-refractivity contribution is 9.10. The van der Waals surface area contributed by atoms with Crippen LogP contribution in [-0.4, -0.2) is 5.11 Å². The standard InChI is InChI=1S/C17H17BrO2/c1-10-4-3-5-13(11(10)2)17-9-15(19)14-8-12(18)6-7-16(14)20-17/h3-8,15,17,19H,9H2,1-2H3/t15-,17?/m1/s1. The lowest BCUT2D eigenvalue weighted by Gasteiger charge is -2.31. The summed E-state index contributed by atoms with van der Waals surface area (Å²) in [6, 6.07) is 12.0. The molecule has 0 saturated heterocycles. The summed E-state index contributed by atoms with van der Waals surface area (Å²) in [5.41, 5.74) is 4.52. The molecule has 1 unspecified atom stereocenters. The Morgan fingerprint density at radius 2 is 1.95 bits per heavy atom. The summed E-state index contributed by atoms with van der Waals surface area (Å²) in [5.74, 6) is 0.776. The van der Waals surface area contributed by atoms with Crippen LogP contribution in [0.4, 0.5) is 0 Å². The van der Waals surface area contributed by atoms with E-state index in [1.165, 1.54) is 11.1 Å². The predicted molar refractivity (Wildman–Crippen MR) is 83.0 cm³/mol. The zero-order valence-corrected chi connectivity index (χ0v) is 13.1. The van der Waals surface area contributed by atoms with Crippen LogP contribution in [0, 0.1) is 13.8 Å². The number of ether oxygens (including phenoxy) is 1. The maximum Gasteiger partial charge on any atom is 0.127 e. The van der Waals surface area contributed by atoms with Gasteiger partial charge >= 0.3 is 0 Å². The van der Waals surface area contributed by atoms with Crippen molar-refractivity contribution in [1.82, 2.24) is 0 Å². The number of hydrogen-bond donors (Lipinski definition) is 1. The van der Waals surface area contributed by atoms with Crippen LogP contribution in [0.1, 0.15) is 40.9 Å². The minimum absolute atomic E-state index is 0.0847. The van der Waals surface area contributed by atoms with Gasteiger partial charge in [0.15, 0.2) is 0 Å². The van der Waals surface area contributed by atoms with Crippen LogP contribution in [0.2, 0.25) is 0 Å². The molecule has 0 radical (unpaired) electrons. The van der Waals surface area contributed by atoms with Crippen LogP contribution >= 0.6 is 15.9 Å². The molecule has 2 atom stereocenters. The molecular formula is C17H17BrO2. The number of fused-ring (bicyclic) bond motifs is 1. The lowest BCUT2D eigenvalue weighted by molar-refractivity contribution is 0.0653. The summed E-state index contributed by atoms with van der Waals surface area (Å²) in [4.78, 5) is 0. The van der Waals surface area contributed by atoms with Crippen molar-refractivity contribution in [2.75, 3.05) is 0 Å². The van der Waals surface area contributed by atoms with Crippen LogP contribution in [0.3, 0.4) is 0 Å². The summed E-state index contributed by atoms with van der Waals surface area (Å²) in [5, 5.41) is 10.4. The van der Waals surface area contributed by atoms with Gasteiger partial charge < -0.3 is 9.84 Å². The third kappa shape index (κ3) is 2.36. The molecule has 0 saturated carbocycles. The number of aliphatic hydroxyl groups excluding tert-OH is 1. The normalized spacial score (nSPS) is 21.2. The average molecular weight is 333 g/mol. The molecule has 0 amide bonds. The van der Waals surface area contributed by atoms with E-state index >= 15 is 0 Å². The molecule has 1 N–H and O–H groups in total. The molecule has 1 aliphatic heterocycles. The van der Waals surface area contributed by atoms with Gasteiger partial charge in [0.2, 0.25) is 0 Å². The number of benzene rings is 2. The van der Waals surface area contributed by atoms with Crippen LogP contribution in [0.15, 0.2) is 40.9 Å². The summed E-state index contributed by atoms with van der Waals surface area (Å²) in [7, 11) is 0. The summed E-state index contributed by atoms with van der Waals surface area (Å²) < 4.78 is 7.06. The molecular weight excluding hydrogens is 316 g/mol. The molecule has 20 heavy (non-hydrogen) atoms. The molecule has 0 bridgehead atoms. The van der Waals surface area contributed by atoms with Gasteiger partial charge in [-0.1, -0.05) is 34.1 Å². The van der Waals surface area contributed by atoms with E-state index in [-0.39, 0.29) is 6.10 Å². The van der Waals surface area contributed by atoms with Crippen LogP contribution in [-0.2, 0) is 0 Å². The molecule has 2 aromatic carbocycles. The first-order valence-corrected chi connectivity index (χ1v) is 7.56. The van der Waals surface area contributed by atoms with Gasteiger partial charge in [-0.15, -0.1) is 0 Å². The molecule has 1 aliphatic rings. The fourth-order valence-corrected chi connectivity index (χ4v) is 3.11. The monoisotopic (exact) mass is 332 g/mol. The first-order chi connectivity index (χ1) is 9.56. The van der Waals surface area contributed by atoms with Gasteiger partial charge in [-0.25, -0.2) is 0 Å². The largest absolute Gasteiger partial charge is 0.485 e. The number of hydrogen-bond acceptors (Lipinski definition) is 2. The van der Waals surface area contributed by atoms with E-state index in [1.807, 2.05) is 24.3 Å². The highest BCUT2D eigenvalue weighted by atomic mass is 79.9. The topological polar surface area (TPSA) is 29.5 Å². The number of halogens is 1.